The Morgan fingerprint density at radius 1 is 1.70 bits per heavy atom. The van der Waals surface area contributed by atoms with Crippen LogP contribution in [0.2, 0.25) is 0 Å². The Balaban J connectivity index is 3.20. The van der Waals surface area contributed by atoms with Crippen LogP contribution in [0.3, 0.4) is 0 Å². The predicted octanol–water partition coefficient (Wildman–Crippen LogP) is 1.56. The molecule has 0 spiro atoms. The monoisotopic (exact) mass is 135 g/mol. The van der Waals surface area contributed by atoms with Crippen LogP contribution in [-0.2, 0) is 0 Å². The van der Waals surface area contributed by atoms with Crippen LogP contribution in [0.4, 0.5) is 5.69 Å². The Kier molecular flexibility index (Phi) is 1.84. The van der Waals surface area contributed by atoms with Gasteiger partial charge >= 0.3 is 0 Å². The average molecular weight is 135 g/mol. The Morgan fingerprint density at radius 2 is 2.50 bits per heavy atom. The molecule has 0 aliphatic heterocycles. The van der Waals surface area contributed by atoms with E-state index in [-0.39, 0.29) is 5.69 Å². The molecule has 1 heterocycles. The number of rotatable bonds is 2. The molecule has 0 aromatic carbocycles. The molecule has 4 heteroatoms. The lowest BCUT2D eigenvalue weighted by molar-refractivity contribution is 0.111. The first kappa shape index (κ1) is 6.54. The van der Waals surface area contributed by atoms with Crippen molar-refractivity contribution in [1.82, 2.24) is 4.98 Å². The molecule has 50 valence electrons. The van der Waals surface area contributed by atoms with Gasteiger partial charge in [0.2, 0.25) is 0 Å². The van der Waals surface area contributed by atoms with Gasteiger partial charge in [-0.1, -0.05) is 0 Å². The third-order valence-corrected chi connectivity index (χ3v) is 1.05. The van der Waals surface area contributed by atoms with E-state index in [4.69, 9.17) is 5.53 Å². The second-order valence-electron chi connectivity index (χ2n) is 1.64. The average Bonchev–Trinajstić information content (AvgIpc) is 2.04. The summed E-state index contributed by atoms with van der Waals surface area (Å²) in [5, 5.41) is 3.10. The molecule has 0 unspecified atom stereocenters. The number of pyridine rings is 1. The minimum absolute atomic E-state index is 0.206. The minimum atomic E-state index is 0.206. The molecular formula is C6H5N3O. The third kappa shape index (κ3) is 1.05. The molecule has 0 radical (unpaired) electrons. The van der Waals surface area contributed by atoms with Crippen molar-refractivity contribution in [2.45, 2.75) is 0 Å². The van der Waals surface area contributed by atoms with Crippen LogP contribution in [0, 0.1) is 5.53 Å². The van der Waals surface area contributed by atoms with Gasteiger partial charge in [-0.05, 0) is 12.1 Å². The normalized spacial score (nSPS) is 8.80. The zero-order chi connectivity index (χ0) is 7.40. The van der Waals surface area contributed by atoms with Crippen molar-refractivity contribution >= 4 is 12.0 Å². The van der Waals surface area contributed by atoms with Gasteiger partial charge in [-0.3, -0.25) is 9.78 Å². The van der Waals surface area contributed by atoms with Crippen molar-refractivity contribution in [2.75, 3.05) is 0 Å². The first-order valence-corrected chi connectivity index (χ1v) is 2.66. The molecular weight excluding hydrogens is 130 g/mol. The zero-order valence-corrected chi connectivity index (χ0v) is 5.11. The molecule has 0 fully saturated rings. The van der Waals surface area contributed by atoms with Crippen molar-refractivity contribution < 1.29 is 4.79 Å². The van der Waals surface area contributed by atoms with Gasteiger partial charge in [0.1, 0.15) is 11.4 Å². The molecule has 0 atom stereocenters. The number of nitrogens with zero attached hydrogens (tertiary/aromatic N) is 2. The molecule has 0 saturated heterocycles. The number of nitrogens with one attached hydrogen (secondary N) is 1. The lowest BCUT2D eigenvalue weighted by Crippen LogP contribution is -1.83. The molecule has 0 aliphatic carbocycles. The van der Waals surface area contributed by atoms with Crippen molar-refractivity contribution in [2.24, 2.45) is 5.11 Å². The maximum Gasteiger partial charge on any atom is 0.170 e. The van der Waals surface area contributed by atoms with E-state index in [2.05, 4.69) is 10.1 Å². The molecule has 1 aromatic heterocycles. The second kappa shape index (κ2) is 2.82. The van der Waals surface area contributed by atoms with Gasteiger partial charge in [0.25, 0.3) is 0 Å². The van der Waals surface area contributed by atoms with Crippen molar-refractivity contribution in [3.63, 3.8) is 0 Å². The standard InChI is InChI=1S/C6H5N3O/c7-9-5-2-1-3-8-6(5)4-10/h1-4,7H. The SMILES string of the molecule is N=Nc1cccnc1C=O. The summed E-state index contributed by atoms with van der Waals surface area (Å²) >= 11 is 0. The van der Waals surface area contributed by atoms with E-state index in [1.807, 2.05) is 0 Å². The molecule has 4 nitrogen and oxygen atoms in total. The van der Waals surface area contributed by atoms with Crippen LogP contribution in [-0.4, -0.2) is 11.3 Å². The highest BCUT2D eigenvalue weighted by Crippen LogP contribution is 2.12. The summed E-state index contributed by atoms with van der Waals surface area (Å²) in [6.45, 7) is 0. The first-order valence-electron chi connectivity index (χ1n) is 2.66. The van der Waals surface area contributed by atoms with E-state index < -0.39 is 0 Å². The van der Waals surface area contributed by atoms with E-state index in [9.17, 15) is 4.79 Å². The van der Waals surface area contributed by atoms with Gasteiger partial charge in [-0.15, -0.1) is 0 Å². The fourth-order valence-corrected chi connectivity index (χ4v) is 0.594. The maximum atomic E-state index is 10.2. The van der Waals surface area contributed by atoms with Crippen molar-refractivity contribution in [3.8, 4) is 0 Å². The fourth-order valence-electron chi connectivity index (χ4n) is 0.594. The van der Waals surface area contributed by atoms with Gasteiger partial charge in [0, 0.05) is 6.20 Å². The van der Waals surface area contributed by atoms with E-state index in [1.165, 1.54) is 6.20 Å². The molecule has 0 amide bonds. The van der Waals surface area contributed by atoms with Gasteiger partial charge in [0.05, 0.1) is 0 Å². The molecule has 10 heavy (non-hydrogen) atoms. The second-order valence-corrected chi connectivity index (χ2v) is 1.64. The lowest BCUT2D eigenvalue weighted by Gasteiger charge is -1.90. The minimum Gasteiger partial charge on any atom is -0.296 e. The van der Waals surface area contributed by atoms with Crippen molar-refractivity contribution in [3.05, 3.63) is 24.0 Å². The number of hydrogen-bond acceptors (Lipinski definition) is 4. The highest BCUT2D eigenvalue weighted by Gasteiger charge is 1.97. The molecule has 1 N–H and O–H groups in total. The fraction of sp³-hybridized carbons (Fsp3) is 0. The number of hydrogen-bond donors (Lipinski definition) is 1. The molecule has 0 saturated carbocycles. The van der Waals surface area contributed by atoms with E-state index >= 15 is 0 Å². The summed E-state index contributed by atoms with van der Waals surface area (Å²) in [5.41, 5.74) is 7.12. The van der Waals surface area contributed by atoms with Gasteiger partial charge < -0.3 is 0 Å². The smallest absolute Gasteiger partial charge is 0.170 e. The maximum absolute atomic E-state index is 10.2. The summed E-state index contributed by atoms with van der Waals surface area (Å²) in [5.74, 6) is 0. The van der Waals surface area contributed by atoms with Gasteiger partial charge in [0.15, 0.2) is 6.29 Å². The Labute approximate surface area is 57.4 Å². The Hall–Kier alpha value is -1.58. The molecule has 1 aromatic rings. The third-order valence-electron chi connectivity index (χ3n) is 1.05. The van der Waals surface area contributed by atoms with E-state index in [0.29, 0.717) is 12.0 Å². The number of carbonyl (C=O) groups excluding carboxylic acids is 1. The summed E-state index contributed by atoms with van der Waals surface area (Å²) in [6, 6.07) is 3.18. The van der Waals surface area contributed by atoms with Crippen LogP contribution in [0.25, 0.3) is 0 Å². The quantitative estimate of drug-likeness (QED) is 0.493. The van der Waals surface area contributed by atoms with Gasteiger partial charge in [-0.2, -0.15) is 5.11 Å². The van der Waals surface area contributed by atoms with Crippen LogP contribution in [0.15, 0.2) is 23.4 Å². The van der Waals surface area contributed by atoms with Gasteiger partial charge in [-0.25, -0.2) is 5.53 Å². The van der Waals surface area contributed by atoms with Crippen LogP contribution in [0.1, 0.15) is 10.5 Å². The molecule has 0 aliphatic rings. The Bertz CT molecular complexity index is 232. The van der Waals surface area contributed by atoms with Crippen LogP contribution < -0.4 is 0 Å². The highest BCUT2D eigenvalue weighted by atomic mass is 16.1. The van der Waals surface area contributed by atoms with Crippen LogP contribution in [0.5, 0.6) is 0 Å². The highest BCUT2D eigenvalue weighted by molar-refractivity contribution is 5.79. The van der Waals surface area contributed by atoms with E-state index in [1.54, 1.807) is 12.1 Å². The van der Waals surface area contributed by atoms with Crippen LogP contribution >= 0.6 is 0 Å². The zero-order valence-electron chi connectivity index (χ0n) is 5.11. The summed E-state index contributed by atoms with van der Waals surface area (Å²) in [4.78, 5) is 13.9. The van der Waals surface area contributed by atoms with E-state index in [0.717, 1.165) is 0 Å². The molecule has 0 bridgehead atoms. The summed E-state index contributed by atoms with van der Waals surface area (Å²) < 4.78 is 0. The summed E-state index contributed by atoms with van der Waals surface area (Å²) in [7, 11) is 0. The Morgan fingerprint density at radius 3 is 3.00 bits per heavy atom. The van der Waals surface area contributed by atoms with Crippen molar-refractivity contribution in [1.29, 1.82) is 5.53 Å². The number of carbonyl (C=O) groups is 1. The number of aldehydes is 1. The number of aromatic nitrogens is 1. The molecule has 1 rings (SSSR count). The topological polar surface area (TPSA) is 66.2 Å². The predicted molar refractivity (Wildman–Crippen MR) is 34.4 cm³/mol. The largest absolute Gasteiger partial charge is 0.296 e. The summed E-state index contributed by atoms with van der Waals surface area (Å²) in [6.07, 6.45) is 2.06. The first-order chi connectivity index (χ1) is 4.88. The lowest BCUT2D eigenvalue weighted by atomic mass is 10.3.